The van der Waals surface area contributed by atoms with E-state index in [2.05, 4.69) is 4.98 Å². The fourth-order valence-corrected chi connectivity index (χ4v) is 1.83. The lowest BCUT2D eigenvalue weighted by molar-refractivity contribution is 0.621. The van der Waals surface area contributed by atoms with Crippen molar-refractivity contribution in [2.24, 2.45) is 0 Å². The monoisotopic (exact) mass is 286 g/mol. The van der Waals surface area contributed by atoms with Crippen LogP contribution >= 0.6 is 23.2 Å². The highest BCUT2D eigenvalue weighted by molar-refractivity contribution is 6.40. The maximum absolute atomic E-state index is 13.1. The van der Waals surface area contributed by atoms with Crippen LogP contribution in [0.15, 0.2) is 29.3 Å². The molecule has 0 aliphatic heterocycles. The third-order valence-electron chi connectivity index (χ3n) is 2.59. The molecule has 0 atom stereocenters. The van der Waals surface area contributed by atoms with E-state index in [4.69, 9.17) is 23.2 Å². The van der Waals surface area contributed by atoms with E-state index >= 15 is 0 Å². The fourth-order valence-electron chi connectivity index (χ4n) is 1.55. The minimum atomic E-state index is -0.444. The molecule has 1 heterocycles. The maximum atomic E-state index is 13.1. The highest BCUT2D eigenvalue weighted by Gasteiger charge is 2.09. The van der Waals surface area contributed by atoms with Crippen molar-refractivity contribution >= 4 is 23.2 Å². The number of nitrogens with zero attached hydrogens (tertiary/aromatic N) is 2. The summed E-state index contributed by atoms with van der Waals surface area (Å²) < 4.78 is 14.4. The van der Waals surface area contributed by atoms with Crippen LogP contribution < -0.4 is 5.56 Å². The summed E-state index contributed by atoms with van der Waals surface area (Å²) in [5.74, 6) is -0.350. The Bertz CT molecular complexity index is 655. The van der Waals surface area contributed by atoms with Gasteiger partial charge in [-0.3, -0.25) is 9.36 Å². The Labute approximate surface area is 113 Å². The Kier molecular flexibility index (Phi) is 3.68. The standard InChI is InChI=1S/C12H9Cl2FN2O/c1-7-2-3-9(15)4-8(7)5-17-6-16-11(14)10(13)12(17)18/h2-4,6H,5H2,1H3. The Balaban J connectivity index is 2.44. The van der Waals surface area contributed by atoms with Crippen LogP contribution in [0.4, 0.5) is 4.39 Å². The Morgan fingerprint density at radius 1 is 1.39 bits per heavy atom. The van der Waals surface area contributed by atoms with E-state index in [-0.39, 0.29) is 22.5 Å². The van der Waals surface area contributed by atoms with Gasteiger partial charge in [-0.1, -0.05) is 29.3 Å². The summed E-state index contributed by atoms with van der Waals surface area (Å²) in [6, 6.07) is 4.40. The Hall–Kier alpha value is -1.39. The lowest BCUT2D eigenvalue weighted by atomic mass is 10.1. The van der Waals surface area contributed by atoms with Crippen LogP contribution in [0.25, 0.3) is 0 Å². The summed E-state index contributed by atoms with van der Waals surface area (Å²) in [7, 11) is 0. The molecule has 3 nitrogen and oxygen atoms in total. The quantitative estimate of drug-likeness (QED) is 0.796. The van der Waals surface area contributed by atoms with Crippen molar-refractivity contribution in [1.82, 2.24) is 9.55 Å². The first-order valence-electron chi connectivity index (χ1n) is 5.14. The molecule has 0 saturated carbocycles. The van der Waals surface area contributed by atoms with Crippen LogP contribution in [0, 0.1) is 12.7 Å². The third kappa shape index (κ3) is 2.54. The van der Waals surface area contributed by atoms with Gasteiger partial charge in [0.25, 0.3) is 5.56 Å². The van der Waals surface area contributed by atoms with Gasteiger partial charge in [0.1, 0.15) is 10.8 Å². The van der Waals surface area contributed by atoms with Crippen LogP contribution in [-0.4, -0.2) is 9.55 Å². The highest BCUT2D eigenvalue weighted by Crippen LogP contribution is 2.15. The molecule has 0 saturated heterocycles. The number of hydrogen-bond donors (Lipinski definition) is 0. The van der Waals surface area contributed by atoms with Crippen molar-refractivity contribution in [1.29, 1.82) is 0 Å². The second kappa shape index (κ2) is 5.08. The van der Waals surface area contributed by atoms with Crippen LogP contribution in [0.5, 0.6) is 0 Å². The molecule has 0 fully saturated rings. The van der Waals surface area contributed by atoms with E-state index in [1.54, 1.807) is 6.07 Å². The van der Waals surface area contributed by atoms with Crippen molar-refractivity contribution in [3.8, 4) is 0 Å². The van der Waals surface area contributed by atoms with Crippen molar-refractivity contribution in [2.45, 2.75) is 13.5 Å². The van der Waals surface area contributed by atoms with Crippen LogP contribution in [0.1, 0.15) is 11.1 Å². The molecule has 1 aromatic carbocycles. The summed E-state index contributed by atoms with van der Waals surface area (Å²) in [6.45, 7) is 2.04. The zero-order chi connectivity index (χ0) is 13.3. The van der Waals surface area contributed by atoms with Gasteiger partial charge in [-0.15, -0.1) is 0 Å². The number of aromatic nitrogens is 2. The topological polar surface area (TPSA) is 34.9 Å². The number of halogens is 3. The molecule has 1 aromatic heterocycles. The van der Waals surface area contributed by atoms with Crippen LogP contribution in [-0.2, 0) is 6.54 Å². The van der Waals surface area contributed by atoms with E-state index in [1.807, 2.05) is 6.92 Å². The molecule has 2 aromatic rings. The highest BCUT2D eigenvalue weighted by atomic mass is 35.5. The first-order chi connectivity index (χ1) is 8.49. The van der Waals surface area contributed by atoms with Gasteiger partial charge < -0.3 is 0 Å². The van der Waals surface area contributed by atoms with E-state index in [9.17, 15) is 9.18 Å². The summed E-state index contributed by atoms with van der Waals surface area (Å²) >= 11 is 11.3. The number of hydrogen-bond acceptors (Lipinski definition) is 2. The van der Waals surface area contributed by atoms with Gasteiger partial charge >= 0.3 is 0 Å². The predicted molar refractivity (Wildman–Crippen MR) is 68.8 cm³/mol. The van der Waals surface area contributed by atoms with E-state index < -0.39 is 5.56 Å². The molecule has 0 amide bonds. The fraction of sp³-hybridized carbons (Fsp3) is 0.167. The largest absolute Gasteiger partial charge is 0.293 e. The predicted octanol–water partition coefficient (Wildman–Crippen LogP) is 3.05. The summed E-state index contributed by atoms with van der Waals surface area (Å²) in [5, 5.41) is -0.165. The van der Waals surface area contributed by atoms with Gasteiger partial charge in [0.05, 0.1) is 12.9 Å². The molecule has 94 valence electrons. The van der Waals surface area contributed by atoms with Crippen molar-refractivity contribution in [2.75, 3.05) is 0 Å². The first kappa shape index (κ1) is 13.1. The van der Waals surface area contributed by atoms with Gasteiger partial charge in [-0.25, -0.2) is 9.37 Å². The van der Waals surface area contributed by atoms with E-state index in [1.165, 1.54) is 23.0 Å². The average molecular weight is 287 g/mol. The lowest BCUT2D eigenvalue weighted by Crippen LogP contribution is -2.22. The van der Waals surface area contributed by atoms with Gasteiger partial charge in [0, 0.05) is 0 Å². The van der Waals surface area contributed by atoms with Gasteiger partial charge in [-0.05, 0) is 30.2 Å². The Morgan fingerprint density at radius 3 is 2.83 bits per heavy atom. The lowest BCUT2D eigenvalue weighted by Gasteiger charge is -2.09. The summed E-state index contributed by atoms with van der Waals surface area (Å²) in [6.07, 6.45) is 1.29. The molecule has 0 aliphatic carbocycles. The number of rotatable bonds is 2. The second-order valence-electron chi connectivity index (χ2n) is 3.85. The molecule has 0 N–H and O–H groups in total. The molecule has 0 aliphatic rings. The van der Waals surface area contributed by atoms with Gasteiger partial charge in [0.15, 0.2) is 5.15 Å². The Morgan fingerprint density at radius 2 is 2.11 bits per heavy atom. The maximum Gasteiger partial charge on any atom is 0.273 e. The average Bonchev–Trinajstić information content (AvgIpc) is 2.34. The first-order valence-corrected chi connectivity index (χ1v) is 5.90. The zero-order valence-electron chi connectivity index (χ0n) is 9.45. The SMILES string of the molecule is Cc1ccc(F)cc1Cn1cnc(Cl)c(Cl)c1=O. The minimum absolute atomic E-state index is 0.0334. The van der Waals surface area contributed by atoms with Crippen LogP contribution in [0.3, 0.4) is 0 Å². The summed E-state index contributed by atoms with van der Waals surface area (Å²) in [5.41, 5.74) is 1.13. The van der Waals surface area contributed by atoms with Crippen molar-refractivity contribution in [3.63, 3.8) is 0 Å². The second-order valence-corrected chi connectivity index (χ2v) is 4.59. The molecule has 6 heteroatoms. The smallest absolute Gasteiger partial charge is 0.273 e. The van der Waals surface area contributed by atoms with E-state index in [0.29, 0.717) is 5.56 Å². The zero-order valence-corrected chi connectivity index (χ0v) is 11.0. The number of benzene rings is 1. The van der Waals surface area contributed by atoms with Crippen LogP contribution in [0.2, 0.25) is 10.2 Å². The summed E-state index contributed by atoms with van der Waals surface area (Å²) in [4.78, 5) is 15.6. The van der Waals surface area contributed by atoms with E-state index in [0.717, 1.165) is 5.56 Å². The third-order valence-corrected chi connectivity index (χ3v) is 3.32. The molecule has 0 unspecified atom stereocenters. The van der Waals surface area contributed by atoms with Gasteiger partial charge in [0.2, 0.25) is 0 Å². The molecule has 2 rings (SSSR count). The van der Waals surface area contributed by atoms with Gasteiger partial charge in [-0.2, -0.15) is 0 Å². The molecule has 18 heavy (non-hydrogen) atoms. The molecule has 0 spiro atoms. The molecule has 0 radical (unpaired) electrons. The number of aryl methyl sites for hydroxylation is 1. The normalized spacial score (nSPS) is 10.7. The molecule has 0 bridgehead atoms. The van der Waals surface area contributed by atoms with Crippen molar-refractivity contribution in [3.05, 3.63) is 62.0 Å². The van der Waals surface area contributed by atoms with Crippen molar-refractivity contribution < 1.29 is 4.39 Å². The molecular weight excluding hydrogens is 278 g/mol. The molecular formula is C12H9Cl2FN2O. The minimum Gasteiger partial charge on any atom is -0.293 e.